The molecule has 1 unspecified atom stereocenters. The van der Waals surface area contributed by atoms with Gasteiger partial charge >= 0.3 is 12.4 Å². The summed E-state index contributed by atoms with van der Waals surface area (Å²) in [4.78, 5) is 25.7. The number of alkyl halides is 6. The van der Waals surface area contributed by atoms with E-state index in [0.29, 0.717) is 0 Å². The molecule has 2 N–H and O–H groups in total. The molecule has 0 saturated heterocycles. The smallest absolute Gasteiger partial charge is 0.416 e. The van der Waals surface area contributed by atoms with Gasteiger partial charge in [0.1, 0.15) is 5.75 Å². The van der Waals surface area contributed by atoms with Crippen molar-refractivity contribution in [1.29, 1.82) is 0 Å². The second-order valence-electron chi connectivity index (χ2n) is 8.53. The number of tetrazole rings is 1. The van der Waals surface area contributed by atoms with Crippen LogP contribution in [0.3, 0.4) is 0 Å². The van der Waals surface area contributed by atoms with Crippen molar-refractivity contribution < 1.29 is 40.7 Å². The van der Waals surface area contributed by atoms with Gasteiger partial charge < -0.3 is 10.1 Å². The number of Topliss-reactive ketones (excluding diaryl/α,β-unsaturated/α-hetero) is 1. The number of ether oxygens (including phenoxy) is 1. The molecular weight excluding hydrogens is 520 g/mol. The van der Waals surface area contributed by atoms with Crippen LogP contribution in [0.25, 0.3) is 0 Å². The van der Waals surface area contributed by atoms with Crippen LogP contribution in [0, 0.1) is 6.92 Å². The highest BCUT2D eigenvalue weighted by atomic mass is 19.4. The highest BCUT2D eigenvalue weighted by molar-refractivity contribution is 5.97. The maximum Gasteiger partial charge on any atom is 0.416 e. The van der Waals surface area contributed by atoms with Crippen molar-refractivity contribution >= 4 is 11.7 Å². The minimum atomic E-state index is -5.14. The highest BCUT2D eigenvalue weighted by Crippen LogP contribution is 2.43. The van der Waals surface area contributed by atoms with Gasteiger partial charge in [-0.15, -0.1) is 5.10 Å². The van der Waals surface area contributed by atoms with Gasteiger partial charge in [-0.25, -0.2) is 5.10 Å². The van der Waals surface area contributed by atoms with E-state index in [0.717, 1.165) is 29.8 Å². The van der Waals surface area contributed by atoms with Crippen LogP contribution in [0.2, 0.25) is 0 Å². The summed E-state index contributed by atoms with van der Waals surface area (Å²) in [5.74, 6) is -2.05. The lowest BCUT2D eigenvalue weighted by Crippen LogP contribution is -2.57. The van der Waals surface area contributed by atoms with E-state index in [1.165, 1.54) is 12.1 Å². The molecule has 14 heteroatoms. The third-order valence-corrected chi connectivity index (χ3v) is 5.57. The van der Waals surface area contributed by atoms with Crippen molar-refractivity contribution in [3.05, 3.63) is 71.0 Å². The lowest BCUT2D eigenvalue weighted by atomic mass is 9.82. The average molecular weight is 543 g/mol. The van der Waals surface area contributed by atoms with Crippen LogP contribution in [0.1, 0.15) is 46.6 Å². The number of aryl methyl sites for hydroxylation is 1. The van der Waals surface area contributed by atoms with Crippen molar-refractivity contribution in [1.82, 2.24) is 25.9 Å². The molecule has 1 aromatic heterocycles. The summed E-state index contributed by atoms with van der Waals surface area (Å²) in [6, 6.07) is 10.2. The largest absolute Gasteiger partial charge is 0.494 e. The number of ketones is 1. The van der Waals surface area contributed by atoms with Crippen LogP contribution in [-0.4, -0.2) is 51.3 Å². The van der Waals surface area contributed by atoms with Gasteiger partial charge in [0.05, 0.1) is 13.0 Å². The Kier molecular flexibility index (Phi) is 8.74. The monoisotopic (exact) mass is 543 g/mol. The fourth-order valence-corrected chi connectivity index (χ4v) is 3.62. The number of H-pyrrole nitrogens is 1. The van der Waals surface area contributed by atoms with Gasteiger partial charge in [-0.2, -0.15) is 26.3 Å². The van der Waals surface area contributed by atoms with Gasteiger partial charge in [0, 0.05) is 18.4 Å². The third-order valence-electron chi connectivity index (χ3n) is 5.57. The molecular formula is C24H23F6N5O3. The molecule has 0 saturated carbocycles. The maximum atomic E-state index is 14.7. The van der Waals surface area contributed by atoms with Crippen molar-refractivity contribution in [3.63, 3.8) is 0 Å². The number of hydrogen-bond acceptors (Lipinski definition) is 6. The van der Waals surface area contributed by atoms with Crippen LogP contribution in [0.15, 0.2) is 48.5 Å². The summed E-state index contributed by atoms with van der Waals surface area (Å²) in [5, 5.41) is 14.3. The number of hydrogen-bond donors (Lipinski definition) is 2. The summed E-state index contributed by atoms with van der Waals surface area (Å²) in [6.07, 6.45) is -12.7. The summed E-state index contributed by atoms with van der Waals surface area (Å²) >= 11 is 0. The molecule has 1 atom stereocenters. The molecule has 3 rings (SSSR count). The Morgan fingerprint density at radius 1 is 0.974 bits per heavy atom. The fourth-order valence-electron chi connectivity index (χ4n) is 3.62. The Balaban J connectivity index is 1.91. The Bertz CT molecular complexity index is 1210. The van der Waals surface area contributed by atoms with Crippen LogP contribution in [0.5, 0.6) is 5.75 Å². The number of benzene rings is 2. The lowest BCUT2D eigenvalue weighted by molar-refractivity contribution is -0.201. The molecule has 204 valence electrons. The predicted octanol–water partition coefficient (Wildman–Crippen LogP) is 4.62. The van der Waals surface area contributed by atoms with Crippen molar-refractivity contribution in [3.8, 4) is 5.75 Å². The number of halogens is 6. The SMILES string of the molecule is Cc1ccc(C(=O)CC(NC(=O)Cc2nnn[nH]2)(c2ccc(OCCCC(F)(F)F)cc2)C(F)(F)F)cc1. The maximum absolute atomic E-state index is 14.7. The quantitative estimate of drug-likeness (QED) is 0.208. The zero-order valence-electron chi connectivity index (χ0n) is 20.0. The van der Waals surface area contributed by atoms with Crippen LogP contribution in [0.4, 0.5) is 26.3 Å². The average Bonchev–Trinajstić information content (AvgIpc) is 3.33. The number of nitrogens with zero attached hydrogens (tertiary/aromatic N) is 3. The molecule has 0 bridgehead atoms. The minimum absolute atomic E-state index is 0.0162. The Hall–Kier alpha value is -3.97. The standard InChI is InChI=1S/C24H23F6N5O3/c1-15-3-5-16(6-4-15)19(36)14-22(24(28,29)30,31-21(37)13-20-32-34-35-33-20)17-7-9-18(10-8-17)38-12-2-11-23(25,26)27/h3-10H,2,11-14H2,1H3,(H,31,37)(H,32,33,34,35). The number of aromatic nitrogens is 4. The van der Waals surface area contributed by atoms with E-state index >= 15 is 0 Å². The topological polar surface area (TPSA) is 110 Å². The van der Waals surface area contributed by atoms with Gasteiger partial charge in [-0.3, -0.25) is 9.59 Å². The number of aromatic amines is 1. The number of amides is 1. The summed E-state index contributed by atoms with van der Waals surface area (Å²) in [7, 11) is 0. The summed E-state index contributed by atoms with van der Waals surface area (Å²) < 4.78 is 86.4. The van der Waals surface area contributed by atoms with E-state index in [4.69, 9.17) is 4.74 Å². The molecule has 0 fully saturated rings. The summed E-state index contributed by atoms with van der Waals surface area (Å²) in [5.41, 5.74) is -2.81. The first-order chi connectivity index (χ1) is 17.8. The molecule has 0 spiro atoms. The van der Waals surface area contributed by atoms with E-state index < -0.39 is 54.4 Å². The molecule has 2 aromatic carbocycles. The van der Waals surface area contributed by atoms with E-state index in [1.807, 2.05) is 5.32 Å². The first kappa shape index (κ1) is 28.6. The van der Waals surface area contributed by atoms with E-state index in [-0.39, 0.29) is 30.2 Å². The molecule has 0 aliphatic rings. The van der Waals surface area contributed by atoms with Gasteiger partial charge in [-0.05, 0) is 41.5 Å². The second kappa shape index (κ2) is 11.6. The van der Waals surface area contributed by atoms with Gasteiger partial charge in [0.25, 0.3) is 0 Å². The number of carbonyl (C=O) groups excluding carboxylic acids is 2. The van der Waals surface area contributed by atoms with E-state index in [2.05, 4.69) is 20.6 Å². The molecule has 0 aliphatic heterocycles. The van der Waals surface area contributed by atoms with Crippen molar-refractivity contribution in [2.75, 3.05) is 6.61 Å². The Morgan fingerprint density at radius 2 is 1.63 bits per heavy atom. The second-order valence-corrected chi connectivity index (χ2v) is 8.53. The number of rotatable bonds is 11. The normalized spacial score (nSPS) is 13.6. The first-order valence-electron chi connectivity index (χ1n) is 11.3. The molecule has 3 aromatic rings. The summed E-state index contributed by atoms with van der Waals surface area (Å²) in [6.45, 7) is 1.44. The van der Waals surface area contributed by atoms with E-state index in [9.17, 15) is 35.9 Å². The fraction of sp³-hybridized carbons (Fsp3) is 0.375. The zero-order chi connectivity index (χ0) is 28.0. The van der Waals surface area contributed by atoms with Crippen LogP contribution in [-0.2, 0) is 16.8 Å². The predicted molar refractivity (Wildman–Crippen MR) is 121 cm³/mol. The van der Waals surface area contributed by atoms with Gasteiger partial charge in [-0.1, -0.05) is 42.0 Å². The van der Waals surface area contributed by atoms with Gasteiger partial charge in [0.15, 0.2) is 17.1 Å². The van der Waals surface area contributed by atoms with Crippen molar-refractivity contribution in [2.24, 2.45) is 0 Å². The Labute approximate surface area is 212 Å². The number of carbonyl (C=O) groups is 2. The molecule has 0 radical (unpaired) electrons. The third kappa shape index (κ3) is 7.52. The zero-order valence-corrected chi connectivity index (χ0v) is 20.0. The van der Waals surface area contributed by atoms with Gasteiger partial charge in [0.2, 0.25) is 5.91 Å². The molecule has 1 heterocycles. The molecule has 0 aliphatic carbocycles. The van der Waals surface area contributed by atoms with E-state index in [1.54, 1.807) is 19.1 Å². The molecule has 8 nitrogen and oxygen atoms in total. The minimum Gasteiger partial charge on any atom is -0.494 e. The van der Waals surface area contributed by atoms with Crippen LogP contribution < -0.4 is 10.1 Å². The first-order valence-corrected chi connectivity index (χ1v) is 11.3. The number of nitrogens with one attached hydrogen (secondary N) is 2. The molecule has 1 amide bonds. The lowest BCUT2D eigenvalue weighted by Gasteiger charge is -2.36. The molecule has 38 heavy (non-hydrogen) atoms. The Morgan fingerprint density at radius 3 is 2.18 bits per heavy atom. The highest BCUT2D eigenvalue weighted by Gasteiger charge is 2.58. The van der Waals surface area contributed by atoms with Crippen molar-refractivity contribution in [2.45, 2.75) is 50.5 Å². The van der Waals surface area contributed by atoms with Crippen LogP contribution >= 0.6 is 0 Å².